The van der Waals surface area contributed by atoms with Gasteiger partial charge < -0.3 is 4.52 Å². The van der Waals surface area contributed by atoms with Crippen LogP contribution in [0.3, 0.4) is 0 Å². The Morgan fingerprint density at radius 2 is 0.933 bits per heavy atom. The SMILES string of the molecule is O=P(OCCC(c1ccccc1)c1ccccc1)(c1ccccc1)c1ccccc1. The molecule has 4 aromatic carbocycles. The van der Waals surface area contributed by atoms with E-state index in [9.17, 15) is 4.57 Å². The van der Waals surface area contributed by atoms with Gasteiger partial charge in [0.15, 0.2) is 0 Å². The molecule has 0 saturated carbocycles. The van der Waals surface area contributed by atoms with Gasteiger partial charge in [0.05, 0.1) is 6.61 Å². The summed E-state index contributed by atoms with van der Waals surface area (Å²) in [5.74, 6) is 0.187. The fraction of sp³-hybridized carbons (Fsp3) is 0.111. The molecule has 0 aliphatic rings. The number of hydrogen-bond acceptors (Lipinski definition) is 2. The van der Waals surface area contributed by atoms with E-state index in [1.165, 1.54) is 11.1 Å². The maximum atomic E-state index is 14.0. The molecule has 0 aliphatic heterocycles. The standard InChI is InChI=1S/C27H25O2P/c28-30(25-17-9-3-10-18-25,26-19-11-4-12-20-26)29-22-21-27(23-13-5-1-6-14-23)24-15-7-2-8-16-24/h1-20,27H,21-22H2. The van der Waals surface area contributed by atoms with Gasteiger partial charge in [0.1, 0.15) is 0 Å². The Morgan fingerprint density at radius 1 is 0.567 bits per heavy atom. The van der Waals surface area contributed by atoms with Crippen LogP contribution in [0.2, 0.25) is 0 Å². The van der Waals surface area contributed by atoms with Crippen LogP contribution in [0.25, 0.3) is 0 Å². The second-order valence-electron chi connectivity index (χ2n) is 7.22. The summed E-state index contributed by atoms with van der Waals surface area (Å²) in [6.07, 6.45) is 0.748. The van der Waals surface area contributed by atoms with Gasteiger partial charge in [0, 0.05) is 16.5 Å². The molecule has 150 valence electrons. The van der Waals surface area contributed by atoms with E-state index in [1.807, 2.05) is 72.8 Å². The van der Waals surface area contributed by atoms with E-state index in [4.69, 9.17) is 4.52 Å². The summed E-state index contributed by atoms with van der Waals surface area (Å²) >= 11 is 0. The summed E-state index contributed by atoms with van der Waals surface area (Å²) in [7, 11) is -3.16. The molecular formula is C27H25O2P. The van der Waals surface area contributed by atoms with Gasteiger partial charge in [-0.1, -0.05) is 97.1 Å². The highest BCUT2D eigenvalue weighted by atomic mass is 31.2. The van der Waals surface area contributed by atoms with Gasteiger partial charge in [-0.15, -0.1) is 0 Å². The van der Waals surface area contributed by atoms with E-state index in [2.05, 4.69) is 48.5 Å². The van der Waals surface area contributed by atoms with Crippen molar-refractivity contribution in [2.75, 3.05) is 6.61 Å². The molecule has 0 N–H and O–H groups in total. The van der Waals surface area contributed by atoms with Crippen molar-refractivity contribution in [1.29, 1.82) is 0 Å². The molecule has 3 heteroatoms. The zero-order valence-corrected chi connectivity index (χ0v) is 17.7. The van der Waals surface area contributed by atoms with Crippen LogP contribution < -0.4 is 10.6 Å². The van der Waals surface area contributed by atoms with Crippen LogP contribution in [-0.2, 0) is 9.09 Å². The summed E-state index contributed by atoms with van der Waals surface area (Å²) in [4.78, 5) is 0. The topological polar surface area (TPSA) is 26.3 Å². The third-order valence-corrected chi connectivity index (χ3v) is 7.78. The minimum absolute atomic E-state index is 0.187. The molecule has 0 amide bonds. The van der Waals surface area contributed by atoms with E-state index in [-0.39, 0.29) is 5.92 Å². The second-order valence-corrected chi connectivity index (χ2v) is 9.61. The molecule has 0 radical (unpaired) electrons. The van der Waals surface area contributed by atoms with Gasteiger partial charge in [0.2, 0.25) is 0 Å². The van der Waals surface area contributed by atoms with Gasteiger partial charge in [0.25, 0.3) is 7.37 Å². The number of hydrogen-bond donors (Lipinski definition) is 0. The van der Waals surface area contributed by atoms with Gasteiger partial charge in [-0.05, 0) is 41.8 Å². The van der Waals surface area contributed by atoms with Crippen molar-refractivity contribution in [3.8, 4) is 0 Å². The smallest absolute Gasteiger partial charge is 0.261 e. The Bertz CT molecular complexity index is 998. The quantitative estimate of drug-likeness (QED) is 0.324. The predicted octanol–water partition coefficient (Wildman–Crippen LogP) is 6.15. The molecule has 0 saturated heterocycles. The van der Waals surface area contributed by atoms with Crippen molar-refractivity contribution in [1.82, 2.24) is 0 Å². The lowest BCUT2D eigenvalue weighted by Gasteiger charge is -2.22. The summed E-state index contributed by atoms with van der Waals surface area (Å²) in [6, 6.07) is 39.9. The van der Waals surface area contributed by atoms with Gasteiger partial charge in [-0.25, -0.2) is 0 Å². The van der Waals surface area contributed by atoms with Crippen molar-refractivity contribution >= 4 is 18.0 Å². The minimum Gasteiger partial charge on any atom is -0.322 e. The Labute approximate surface area is 178 Å². The van der Waals surface area contributed by atoms with Crippen molar-refractivity contribution in [3.05, 3.63) is 132 Å². The van der Waals surface area contributed by atoms with Crippen LogP contribution in [0.5, 0.6) is 0 Å². The van der Waals surface area contributed by atoms with Crippen molar-refractivity contribution in [3.63, 3.8) is 0 Å². The molecule has 0 atom stereocenters. The van der Waals surface area contributed by atoms with Gasteiger partial charge in [-0.2, -0.15) is 0 Å². The lowest BCUT2D eigenvalue weighted by atomic mass is 9.89. The van der Waals surface area contributed by atoms with Gasteiger partial charge >= 0.3 is 0 Å². The molecule has 4 rings (SSSR count). The molecule has 4 aromatic rings. The molecule has 0 bridgehead atoms. The van der Waals surface area contributed by atoms with Crippen LogP contribution in [0, 0.1) is 0 Å². The monoisotopic (exact) mass is 412 g/mol. The largest absolute Gasteiger partial charge is 0.322 e. The van der Waals surface area contributed by atoms with Crippen LogP contribution in [0.15, 0.2) is 121 Å². The fourth-order valence-electron chi connectivity index (χ4n) is 3.74. The molecule has 0 spiro atoms. The zero-order valence-electron chi connectivity index (χ0n) is 16.8. The van der Waals surface area contributed by atoms with Crippen LogP contribution >= 0.6 is 7.37 Å². The molecule has 0 aliphatic carbocycles. The van der Waals surface area contributed by atoms with E-state index >= 15 is 0 Å². The van der Waals surface area contributed by atoms with Crippen molar-refractivity contribution < 1.29 is 9.09 Å². The average Bonchev–Trinajstić information content (AvgIpc) is 2.84. The Hall–Kier alpha value is -2.93. The highest BCUT2D eigenvalue weighted by molar-refractivity contribution is 7.74. The Balaban J connectivity index is 1.60. The van der Waals surface area contributed by atoms with Crippen LogP contribution in [0.1, 0.15) is 23.5 Å². The molecule has 0 aromatic heterocycles. The highest BCUT2D eigenvalue weighted by Gasteiger charge is 2.28. The van der Waals surface area contributed by atoms with E-state index in [0.717, 1.165) is 17.0 Å². The maximum Gasteiger partial charge on any atom is 0.261 e. The summed E-state index contributed by atoms with van der Waals surface area (Å²) in [6.45, 7) is 0.398. The highest BCUT2D eigenvalue weighted by Crippen LogP contribution is 2.45. The van der Waals surface area contributed by atoms with Crippen LogP contribution in [0.4, 0.5) is 0 Å². The Kier molecular flexibility index (Phi) is 6.59. The third kappa shape index (κ3) is 4.62. The first-order valence-electron chi connectivity index (χ1n) is 10.2. The second kappa shape index (κ2) is 9.71. The lowest BCUT2D eigenvalue weighted by molar-refractivity contribution is 0.313. The lowest BCUT2D eigenvalue weighted by Crippen LogP contribution is -2.19. The normalized spacial score (nSPS) is 11.5. The van der Waals surface area contributed by atoms with E-state index < -0.39 is 7.37 Å². The maximum absolute atomic E-state index is 14.0. The fourth-order valence-corrected chi connectivity index (χ4v) is 5.83. The van der Waals surface area contributed by atoms with Gasteiger partial charge in [-0.3, -0.25) is 4.57 Å². The minimum atomic E-state index is -3.16. The molecule has 0 fully saturated rings. The number of rotatable bonds is 8. The van der Waals surface area contributed by atoms with Crippen molar-refractivity contribution in [2.45, 2.75) is 12.3 Å². The van der Waals surface area contributed by atoms with E-state index in [1.54, 1.807) is 0 Å². The zero-order chi connectivity index (χ0) is 20.7. The molecular weight excluding hydrogens is 387 g/mol. The molecule has 0 heterocycles. The van der Waals surface area contributed by atoms with E-state index in [0.29, 0.717) is 6.61 Å². The molecule has 2 nitrogen and oxygen atoms in total. The summed E-state index contributed by atoms with van der Waals surface area (Å²) in [5, 5.41) is 1.46. The summed E-state index contributed by atoms with van der Waals surface area (Å²) in [5.41, 5.74) is 2.48. The first-order valence-corrected chi connectivity index (χ1v) is 11.9. The molecule has 30 heavy (non-hydrogen) atoms. The average molecular weight is 412 g/mol. The molecule has 0 unspecified atom stereocenters. The number of benzene rings is 4. The van der Waals surface area contributed by atoms with Crippen molar-refractivity contribution in [2.24, 2.45) is 0 Å². The Morgan fingerprint density at radius 3 is 1.33 bits per heavy atom. The third-order valence-electron chi connectivity index (χ3n) is 5.28. The summed E-state index contributed by atoms with van der Waals surface area (Å²) < 4.78 is 20.3. The predicted molar refractivity (Wildman–Crippen MR) is 125 cm³/mol. The first-order chi connectivity index (χ1) is 14.8. The van der Waals surface area contributed by atoms with Crippen LogP contribution in [-0.4, -0.2) is 6.61 Å². The first kappa shape index (κ1) is 20.3.